The number of ketones is 1. The second kappa shape index (κ2) is 5.68. The molecule has 0 amide bonds. The summed E-state index contributed by atoms with van der Waals surface area (Å²) in [4.78, 5) is 11.8. The summed E-state index contributed by atoms with van der Waals surface area (Å²) in [6.45, 7) is 10.1. The molecule has 0 heterocycles. The van der Waals surface area contributed by atoms with Gasteiger partial charge in [0.1, 0.15) is 5.78 Å². The number of carbonyl (C=O) groups is 1. The van der Waals surface area contributed by atoms with E-state index in [2.05, 4.69) is 11.9 Å². The lowest BCUT2D eigenvalue weighted by Gasteiger charge is -2.27. The molecule has 0 radical (unpaired) electrons. The van der Waals surface area contributed by atoms with Crippen LogP contribution in [0, 0.1) is 5.41 Å². The van der Waals surface area contributed by atoms with Gasteiger partial charge >= 0.3 is 0 Å². The SMILES string of the molecule is C=C(N)NCC(C)(CC)C(=O)CCC. The van der Waals surface area contributed by atoms with E-state index in [-0.39, 0.29) is 5.41 Å². The quantitative estimate of drug-likeness (QED) is 0.655. The molecule has 3 nitrogen and oxygen atoms in total. The van der Waals surface area contributed by atoms with E-state index >= 15 is 0 Å². The predicted molar refractivity (Wildman–Crippen MR) is 59.6 cm³/mol. The zero-order valence-electron chi connectivity index (χ0n) is 9.52. The van der Waals surface area contributed by atoms with Crippen LogP contribution in [0.1, 0.15) is 40.0 Å². The summed E-state index contributed by atoms with van der Waals surface area (Å²) in [5, 5.41) is 2.94. The summed E-state index contributed by atoms with van der Waals surface area (Å²) in [5.41, 5.74) is 5.10. The Morgan fingerprint density at radius 2 is 2.07 bits per heavy atom. The molecule has 0 aromatic rings. The minimum atomic E-state index is -0.307. The molecule has 0 fully saturated rings. The lowest BCUT2D eigenvalue weighted by atomic mass is 9.81. The standard InChI is InChI=1S/C11H22N2O/c1-5-7-10(14)11(4,6-2)8-13-9(3)12/h13H,3,5-8,12H2,1-2,4H3. The lowest BCUT2D eigenvalue weighted by molar-refractivity contribution is -0.127. The van der Waals surface area contributed by atoms with Crippen LogP contribution in [-0.2, 0) is 4.79 Å². The Labute approximate surface area is 86.8 Å². The molecule has 0 aliphatic heterocycles. The van der Waals surface area contributed by atoms with Crippen LogP contribution in [0.4, 0.5) is 0 Å². The largest absolute Gasteiger partial charge is 0.386 e. The van der Waals surface area contributed by atoms with Crippen molar-refractivity contribution in [2.45, 2.75) is 40.0 Å². The van der Waals surface area contributed by atoms with Crippen LogP contribution in [0.25, 0.3) is 0 Å². The molecule has 0 aromatic heterocycles. The Hall–Kier alpha value is -0.990. The maximum absolute atomic E-state index is 11.8. The van der Waals surface area contributed by atoms with Crippen LogP contribution in [0.5, 0.6) is 0 Å². The van der Waals surface area contributed by atoms with Crippen molar-refractivity contribution in [2.75, 3.05) is 6.54 Å². The van der Waals surface area contributed by atoms with E-state index in [0.717, 1.165) is 12.8 Å². The molecular formula is C11H22N2O. The minimum Gasteiger partial charge on any atom is -0.386 e. The topological polar surface area (TPSA) is 55.1 Å². The molecule has 0 aromatic carbocycles. The van der Waals surface area contributed by atoms with Gasteiger partial charge < -0.3 is 11.1 Å². The molecule has 3 N–H and O–H groups in total. The van der Waals surface area contributed by atoms with Crippen LogP contribution < -0.4 is 11.1 Å². The maximum Gasteiger partial charge on any atom is 0.140 e. The summed E-state index contributed by atoms with van der Waals surface area (Å²) < 4.78 is 0. The van der Waals surface area contributed by atoms with E-state index in [9.17, 15) is 4.79 Å². The molecule has 0 spiro atoms. The Balaban J connectivity index is 4.30. The van der Waals surface area contributed by atoms with Crippen molar-refractivity contribution in [1.82, 2.24) is 5.32 Å². The van der Waals surface area contributed by atoms with Gasteiger partial charge in [0.05, 0.1) is 5.82 Å². The summed E-state index contributed by atoms with van der Waals surface area (Å²) in [6, 6.07) is 0. The first-order valence-electron chi connectivity index (χ1n) is 5.17. The van der Waals surface area contributed by atoms with Crippen molar-refractivity contribution < 1.29 is 4.79 Å². The first-order valence-corrected chi connectivity index (χ1v) is 5.17. The highest BCUT2D eigenvalue weighted by atomic mass is 16.1. The number of Topliss-reactive ketones (excluding diaryl/α,β-unsaturated/α-hetero) is 1. The van der Waals surface area contributed by atoms with Gasteiger partial charge in [-0.3, -0.25) is 4.79 Å². The molecule has 1 unspecified atom stereocenters. The summed E-state index contributed by atoms with van der Waals surface area (Å²) >= 11 is 0. The van der Waals surface area contributed by atoms with Crippen LogP contribution in [0.15, 0.2) is 12.4 Å². The third-order valence-corrected chi connectivity index (χ3v) is 2.64. The van der Waals surface area contributed by atoms with Gasteiger partial charge in [-0.1, -0.05) is 27.4 Å². The van der Waals surface area contributed by atoms with Gasteiger partial charge in [0.15, 0.2) is 0 Å². The Kier molecular flexibility index (Phi) is 5.28. The van der Waals surface area contributed by atoms with E-state index in [1.807, 2.05) is 20.8 Å². The van der Waals surface area contributed by atoms with Crippen molar-refractivity contribution in [3.05, 3.63) is 12.4 Å². The Morgan fingerprint density at radius 3 is 2.43 bits per heavy atom. The molecule has 0 aliphatic rings. The van der Waals surface area contributed by atoms with E-state index in [1.54, 1.807) is 0 Å². The monoisotopic (exact) mass is 198 g/mol. The highest BCUT2D eigenvalue weighted by Crippen LogP contribution is 2.23. The number of hydrogen-bond acceptors (Lipinski definition) is 3. The van der Waals surface area contributed by atoms with Gasteiger partial charge in [0, 0.05) is 18.4 Å². The van der Waals surface area contributed by atoms with Gasteiger partial charge in [0.2, 0.25) is 0 Å². The fraction of sp³-hybridized carbons (Fsp3) is 0.727. The molecular weight excluding hydrogens is 176 g/mol. The molecule has 14 heavy (non-hydrogen) atoms. The number of nitrogens with one attached hydrogen (secondary N) is 1. The molecule has 0 aliphatic carbocycles. The van der Waals surface area contributed by atoms with Crippen LogP contribution in [0.2, 0.25) is 0 Å². The van der Waals surface area contributed by atoms with Gasteiger partial charge in [-0.05, 0) is 12.8 Å². The van der Waals surface area contributed by atoms with E-state index in [4.69, 9.17) is 5.73 Å². The average Bonchev–Trinajstić information content (AvgIpc) is 2.14. The first-order chi connectivity index (χ1) is 6.46. The number of carbonyl (C=O) groups excluding carboxylic acids is 1. The zero-order chi connectivity index (χ0) is 11.2. The van der Waals surface area contributed by atoms with E-state index in [1.165, 1.54) is 0 Å². The number of hydrogen-bond donors (Lipinski definition) is 2. The minimum absolute atomic E-state index is 0.302. The van der Waals surface area contributed by atoms with Crippen molar-refractivity contribution in [1.29, 1.82) is 0 Å². The molecule has 3 heteroatoms. The predicted octanol–water partition coefficient (Wildman–Crippen LogP) is 1.79. The van der Waals surface area contributed by atoms with Gasteiger partial charge in [0.25, 0.3) is 0 Å². The third kappa shape index (κ3) is 3.81. The summed E-state index contributed by atoms with van der Waals surface area (Å²) in [5.74, 6) is 0.727. The van der Waals surface area contributed by atoms with Gasteiger partial charge in [-0.15, -0.1) is 0 Å². The highest BCUT2D eigenvalue weighted by Gasteiger charge is 2.29. The van der Waals surface area contributed by atoms with Gasteiger partial charge in [-0.25, -0.2) is 0 Å². The summed E-state index contributed by atoms with van der Waals surface area (Å²) in [6.07, 6.45) is 2.37. The number of rotatable bonds is 7. The van der Waals surface area contributed by atoms with Crippen LogP contribution >= 0.6 is 0 Å². The van der Waals surface area contributed by atoms with Crippen molar-refractivity contribution in [2.24, 2.45) is 11.1 Å². The molecule has 0 bridgehead atoms. The molecule has 0 saturated carbocycles. The number of nitrogens with two attached hydrogens (primary N) is 1. The van der Waals surface area contributed by atoms with Crippen molar-refractivity contribution in [3.63, 3.8) is 0 Å². The summed E-state index contributed by atoms with van der Waals surface area (Å²) in [7, 11) is 0. The van der Waals surface area contributed by atoms with Crippen molar-refractivity contribution >= 4 is 5.78 Å². The molecule has 82 valence electrons. The van der Waals surface area contributed by atoms with Crippen LogP contribution in [0.3, 0.4) is 0 Å². The zero-order valence-corrected chi connectivity index (χ0v) is 9.52. The fourth-order valence-corrected chi connectivity index (χ4v) is 1.26. The maximum atomic E-state index is 11.8. The van der Waals surface area contributed by atoms with E-state index in [0.29, 0.717) is 24.6 Å². The van der Waals surface area contributed by atoms with Crippen LogP contribution in [-0.4, -0.2) is 12.3 Å². The normalized spacial score (nSPS) is 14.5. The fourth-order valence-electron chi connectivity index (χ4n) is 1.26. The molecule has 1 atom stereocenters. The Bertz CT molecular complexity index is 213. The smallest absolute Gasteiger partial charge is 0.140 e. The highest BCUT2D eigenvalue weighted by molar-refractivity contribution is 5.84. The second-order valence-electron chi connectivity index (χ2n) is 3.97. The van der Waals surface area contributed by atoms with Crippen molar-refractivity contribution in [3.8, 4) is 0 Å². The van der Waals surface area contributed by atoms with Gasteiger partial charge in [-0.2, -0.15) is 0 Å². The Morgan fingerprint density at radius 1 is 1.50 bits per heavy atom. The lowest BCUT2D eigenvalue weighted by Crippen LogP contribution is -2.39. The first kappa shape index (κ1) is 13.0. The average molecular weight is 198 g/mol. The molecule has 0 rings (SSSR count). The second-order valence-corrected chi connectivity index (χ2v) is 3.97. The third-order valence-electron chi connectivity index (χ3n) is 2.64. The molecule has 0 saturated heterocycles. The van der Waals surface area contributed by atoms with E-state index < -0.39 is 0 Å².